The topological polar surface area (TPSA) is 87.1 Å². The van der Waals surface area contributed by atoms with E-state index < -0.39 is 0 Å². The molecule has 6 heteroatoms. The second kappa shape index (κ2) is 6.23. The van der Waals surface area contributed by atoms with Crippen LogP contribution in [0.15, 0.2) is 29.0 Å². The molecular formula is C12H16N4O2. The molecule has 0 amide bonds. The summed E-state index contributed by atoms with van der Waals surface area (Å²) in [7, 11) is 1.67. The average molecular weight is 248 g/mol. The Morgan fingerprint density at radius 3 is 2.89 bits per heavy atom. The van der Waals surface area contributed by atoms with Crippen molar-refractivity contribution in [2.24, 2.45) is 5.73 Å². The van der Waals surface area contributed by atoms with Gasteiger partial charge in [0.25, 0.3) is 0 Å². The van der Waals surface area contributed by atoms with Gasteiger partial charge in [-0.25, -0.2) is 0 Å². The van der Waals surface area contributed by atoms with Crippen molar-refractivity contribution in [3.8, 4) is 11.4 Å². The van der Waals surface area contributed by atoms with Crippen LogP contribution >= 0.6 is 0 Å². The number of ether oxygens (including phenoxy) is 1. The van der Waals surface area contributed by atoms with Crippen molar-refractivity contribution in [1.82, 2.24) is 15.1 Å². The van der Waals surface area contributed by atoms with Crippen LogP contribution in [0.4, 0.5) is 0 Å². The normalized spacial score (nSPS) is 12.6. The standard InChI is InChI=1S/C12H16N4O2/c1-17-8-2-3-10(13)12-15-11(16-18-12)9-4-6-14-7-5-9/h4-7,10H,2-3,8,13H2,1H3. The third-order valence-electron chi connectivity index (χ3n) is 2.56. The van der Waals surface area contributed by atoms with Crippen LogP contribution in [0, 0.1) is 0 Å². The molecule has 2 N–H and O–H groups in total. The van der Waals surface area contributed by atoms with Crippen molar-refractivity contribution in [3.63, 3.8) is 0 Å². The van der Waals surface area contributed by atoms with Crippen molar-refractivity contribution in [2.45, 2.75) is 18.9 Å². The molecule has 2 aromatic rings. The van der Waals surface area contributed by atoms with Gasteiger partial charge in [-0.05, 0) is 25.0 Å². The molecule has 0 saturated heterocycles. The number of aromatic nitrogens is 3. The second-order valence-electron chi connectivity index (χ2n) is 3.93. The van der Waals surface area contributed by atoms with Gasteiger partial charge < -0.3 is 15.0 Å². The smallest absolute Gasteiger partial charge is 0.243 e. The predicted octanol–water partition coefficient (Wildman–Crippen LogP) is 1.56. The number of nitrogens with two attached hydrogens (primary N) is 1. The average Bonchev–Trinajstić information content (AvgIpc) is 2.89. The zero-order valence-corrected chi connectivity index (χ0v) is 10.2. The predicted molar refractivity (Wildman–Crippen MR) is 65.6 cm³/mol. The Labute approximate surface area is 105 Å². The molecule has 0 radical (unpaired) electrons. The van der Waals surface area contributed by atoms with Crippen molar-refractivity contribution in [1.29, 1.82) is 0 Å². The van der Waals surface area contributed by atoms with E-state index in [0.717, 1.165) is 18.4 Å². The fourth-order valence-corrected chi connectivity index (χ4v) is 1.58. The van der Waals surface area contributed by atoms with Crippen molar-refractivity contribution < 1.29 is 9.26 Å². The second-order valence-corrected chi connectivity index (χ2v) is 3.93. The molecule has 0 aliphatic rings. The molecule has 0 bridgehead atoms. The Morgan fingerprint density at radius 2 is 2.17 bits per heavy atom. The van der Waals surface area contributed by atoms with E-state index in [4.69, 9.17) is 15.0 Å². The van der Waals surface area contributed by atoms with E-state index in [2.05, 4.69) is 15.1 Å². The summed E-state index contributed by atoms with van der Waals surface area (Å²) >= 11 is 0. The van der Waals surface area contributed by atoms with Gasteiger partial charge in [0.2, 0.25) is 11.7 Å². The summed E-state index contributed by atoms with van der Waals surface area (Å²) in [5, 5.41) is 3.91. The molecule has 0 fully saturated rings. The molecule has 0 aliphatic heterocycles. The minimum Gasteiger partial charge on any atom is -0.385 e. The molecule has 0 spiro atoms. The fourth-order valence-electron chi connectivity index (χ4n) is 1.58. The van der Waals surface area contributed by atoms with Crippen LogP contribution < -0.4 is 5.73 Å². The Morgan fingerprint density at radius 1 is 1.39 bits per heavy atom. The summed E-state index contributed by atoms with van der Waals surface area (Å²) in [4.78, 5) is 8.23. The molecule has 0 aliphatic carbocycles. The fraction of sp³-hybridized carbons (Fsp3) is 0.417. The highest BCUT2D eigenvalue weighted by Crippen LogP contribution is 2.19. The lowest BCUT2D eigenvalue weighted by Gasteiger charge is -2.04. The number of methoxy groups -OCH3 is 1. The molecular weight excluding hydrogens is 232 g/mol. The molecule has 6 nitrogen and oxygen atoms in total. The van der Waals surface area contributed by atoms with Crippen LogP contribution in [0.5, 0.6) is 0 Å². The maximum atomic E-state index is 5.96. The summed E-state index contributed by atoms with van der Waals surface area (Å²) in [5.41, 5.74) is 6.83. The first-order valence-electron chi connectivity index (χ1n) is 5.80. The molecule has 2 rings (SSSR count). The SMILES string of the molecule is COCCCC(N)c1nc(-c2ccncc2)no1. The highest BCUT2D eigenvalue weighted by atomic mass is 16.5. The summed E-state index contributed by atoms with van der Waals surface area (Å²) < 4.78 is 10.1. The van der Waals surface area contributed by atoms with Gasteiger partial charge in [0.1, 0.15) is 0 Å². The van der Waals surface area contributed by atoms with Crippen LogP contribution in [-0.2, 0) is 4.74 Å². The lowest BCUT2D eigenvalue weighted by molar-refractivity contribution is 0.188. The van der Waals surface area contributed by atoms with Crippen molar-refractivity contribution in [3.05, 3.63) is 30.4 Å². The Bertz CT molecular complexity index is 472. The number of hydrogen-bond donors (Lipinski definition) is 1. The summed E-state index contributed by atoms with van der Waals surface area (Å²) in [6.07, 6.45) is 4.99. The van der Waals surface area contributed by atoms with Crippen LogP contribution in [0.3, 0.4) is 0 Å². The molecule has 2 aromatic heterocycles. The van der Waals surface area contributed by atoms with E-state index in [1.54, 1.807) is 19.5 Å². The van der Waals surface area contributed by atoms with E-state index in [9.17, 15) is 0 Å². The highest BCUT2D eigenvalue weighted by molar-refractivity contribution is 5.52. The van der Waals surface area contributed by atoms with Crippen molar-refractivity contribution in [2.75, 3.05) is 13.7 Å². The van der Waals surface area contributed by atoms with Gasteiger partial charge in [0.15, 0.2) is 0 Å². The molecule has 96 valence electrons. The van der Waals surface area contributed by atoms with Gasteiger partial charge in [-0.1, -0.05) is 5.16 Å². The minimum atomic E-state index is -0.247. The molecule has 0 aromatic carbocycles. The molecule has 1 atom stereocenters. The van der Waals surface area contributed by atoms with Gasteiger partial charge >= 0.3 is 0 Å². The van der Waals surface area contributed by atoms with Gasteiger partial charge in [0.05, 0.1) is 6.04 Å². The van der Waals surface area contributed by atoms with Crippen molar-refractivity contribution >= 4 is 0 Å². The lowest BCUT2D eigenvalue weighted by Crippen LogP contribution is -2.11. The maximum Gasteiger partial charge on any atom is 0.243 e. The van der Waals surface area contributed by atoms with E-state index >= 15 is 0 Å². The summed E-state index contributed by atoms with van der Waals surface area (Å²) in [5.74, 6) is 0.993. The number of pyridine rings is 1. The summed E-state index contributed by atoms with van der Waals surface area (Å²) in [6, 6.07) is 3.40. The third-order valence-corrected chi connectivity index (χ3v) is 2.56. The van der Waals surface area contributed by atoms with E-state index in [-0.39, 0.29) is 6.04 Å². The van der Waals surface area contributed by atoms with Crippen LogP contribution in [0.25, 0.3) is 11.4 Å². The molecule has 0 saturated carbocycles. The molecule has 18 heavy (non-hydrogen) atoms. The van der Waals surface area contributed by atoms with Gasteiger partial charge in [-0.3, -0.25) is 4.98 Å². The first kappa shape index (κ1) is 12.7. The largest absolute Gasteiger partial charge is 0.385 e. The monoisotopic (exact) mass is 248 g/mol. The summed E-state index contributed by atoms with van der Waals surface area (Å²) in [6.45, 7) is 0.680. The Balaban J connectivity index is 2.02. The van der Waals surface area contributed by atoms with E-state index in [1.807, 2.05) is 12.1 Å². The zero-order valence-electron chi connectivity index (χ0n) is 10.2. The quantitative estimate of drug-likeness (QED) is 0.780. The maximum absolute atomic E-state index is 5.96. The first-order valence-corrected chi connectivity index (χ1v) is 5.80. The van der Waals surface area contributed by atoms with Crippen LogP contribution in [0.2, 0.25) is 0 Å². The highest BCUT2D eigenvalue weighted by Gasteiger charge is 2.15. The van der Waals surface area contributed by atoms with Gasteiger partial charge in [-0.2, -0.15) is 4.98 Å². The first-order chi connectivity index (χ1) is 8.81. The van der Waals surface area contributed by atoms with E-state index in [1.165, 1.54) is 0 Å². The zero-order chi connectivity index (χ0) is 12.8. The Kier molecular flexibility index (Phi) is 4.38. The minimum absolute atomic E-state index is 0.247. The van der Waals surface area contributed by atoms with Gasteiger partial charge in [-0.15, -0.1) is 0 Å². The van der Waals surface area contributed by atoms with Crippen LogP contribution in [0.1, 0.15) is 24.8 Å². The number of rotatable bonds is 6. The molecule has 1 unspecified atom stereocenters. The number of hydrogen-bond acceptors (Lipinski definition) is 6. The van der Waals surface area contributed by atoms with E-state index in [0.29, 0.717) is 18.3 Å². The Hall–Kier alpha value is -1.79. The molecule has 2 heterocycles. The van der Waals surface area contributed by atoms with Gasteiger partial charge in [0, 0.05) is 31.7 Å². The van der Waals surface area contributed by atoms with Crippen LogP contribution in [-0.4, -0.2) is 28.8 Å². The third kappa shape index (κ3) is 3.12. The number of nitrogens with zero attached hydrogens (tertiary/aromatic N) is 3. The lowest BCUT2D eigenvalue weighted by atomic mass is 10.2.